The van der Waals surface area contributed by atoms with Crippen LogP contribution in [0, 0.1) is 0 Å². The zero-order valence-corrected chi connectivity index (χ0v) is 8.92. The Morgan fingerprint density at radius 3 is 2.86 bits per heavy atom. The number of nitrogen functional groups attached to an aromatic ring is 1. The smallest absolute Gasteiger partial charge is 0.119 e. The minimum Gasteiger partial charge on any atom is -0.508 e. The fourth-order valence-electron chi connectivity index (χ4n) is 1.01. The maximum absolute atomic E-state index is 9.49. The topological polar surface area (TPSA) is 66.5 Å². The molecule has 1 atom stereocenters. The summed E-state index contributed by atoms with van der Waals surface area (Å²) in [7, 11) is 0. The zero-order valence-electron chi connectivity index (χ0n) is 8.10. The largest absolute Gasteiger partial charge is 0.508 e. The summed E-state index contributed by atoms with van der Waals surface area (Å²) in [5, 5.41) is 18.5. The molecule has 0 saturated heterocycles. The van der Waals surface area contributed by atoms with Gasteiger partial charge in [0.15, 0.2) is 0 Å². The molecule has 4 N–H and O–H groups in total. The van der Waals surface area contributed by atoms with Crippen molar-refractivity contribution in [2.45, 2.75) is 17.9 Å². The minimum atomic E-state index is 0.147. The van der Waals surface area contributed by atoms with E-state index in [2.05, 4.69) is 0 Å². The maximum atomic E-state index is 9.49. The first-order valence-electron chi connectivity index (χ1n) is 4.43. The number of thioether (sulfide) groups is 1. The van der Waals surface area contributed by atoms with Crippen molar-refractivity contribution in [2.24, 2.45) is 0 Å². The first-order valence-corrected chi connectivity index (χ1v) is 5.48. The van der Waals surface area contributed by atoms with E-state index in [1.807, 2.05) is 6.92 Å². The molecule has 0 spiro atoms. The molecule has 0 radical (unpaired) electrons. The third-order valence-electron chi connectivity index (χ3n) is 1.88. The van der Waals surface area contributed by atoms with Crippen molar-refractivity contribution in [3.8, 4) is 5.75 Å². The summed E-state index contributed by atoms with van der Waals surface area (Å²) in [6.45, 7) is 2.09. The molecule has 0 heterocycles. The summed E-state index contributed by atoms with van der Waals surface area (Å²) >= 11 is 1.59. The predicted octanol–water partition coefficient (Wildman–Crippen LogP) is 1.59. The lowest BCUT2D eigenvalue weighted by Gasteiger charge is -2.09. The monoisotopic (exact) mass is 213 g/mol. The van der Waals surface area contributed by atoms with Gasteiger partial charge in [-0.05, 0) is 18.2 Å². The van der Waals surface area contributed by atoms with E-state index in [9.17, 15) is 5.11 Å². The van der Waals surface area contributed by atoms with Crippen molar-refractivity contribution in [1.82, 2.24) is 0 Å². The number of hydrogen-bond donors (Lipinski definition) is 3. The molecule has 0 aliphatic heterocycles. The van der Waals surface area contributed by atoms with Gasteiger partial charge < -0.3 is 15.9 Å². The Morgan fingerprint density at radius 1 is 1.50 bits per heavy atom. The zero-order chi connectivity index (χ0) is 10.6. The Balaban J connectivity index is 2.62. The molecule has 78 valence electrons. The van der Waals surface area contributed by atoms with Gasteiger partial charge in [-0.25, -0.2) is 0 Å². The van der Waals surface area contributed by atoms with Crippen molar-refractivity contribution in [3.63, 3.8) is 0 Å². The van der Waals surface area contributed by atoms with Crippen LogP contribution in [0.3, 0.4) is 0 Å². The number of phenols is 1. The van der Waals surface area contributed by atoms with Gasteiger partial charge in [-0.1, -0.05) is 6.92 Å². The Hall–Kier alpha value is -0.870. The molecule has 1 aromatic rings. The van der Waals surface area contributed by atoms with E-state index in [-0.39, 0.29) is 17.6 Å². The van der Waals surface area contributed by atoms with Crippen LogP contribution in [-0.4, -0.2) is 22.1 Å². The molecule has 0 amide bonds. The third kappa shape index (κ3) is 3.12. The van der Waals surface area contributed by atoms with Crippen molar-refractivity contribution >= 4 is 17.4 Å². The summed E-state index contributed by atoms with van der Waals surface area (Å²) in [6, 6.07) is 5.01. The van der Waals surface area contributed by atoms with E-state index in [0.717, 1.165) is 5.56 Å². The lowest BCUT2D eigenvalue weighted by atomic mass is 10.2. The van der Waals surface area contributed by atoms with Crippen LogP contribution in [0.1, 0.15) is 12.5 Å². The van der Waals surface area contributed by atoms with E-state index in [0.29, 0.717) is 11.4 Å². The highest BCUT2D eigenvalue weighted by molar-refractivity contribution is 7.99. The standard InChI is InChI=1S/C10H15NO2S/c1-7(5-12)14-6-8-4-9(11)2-3-10(8)13/h2-4,7,12-13H,5-6,11H2,1H3. The second-order valence-corrected chi connectivity index (χ2v) is 4.62. The van der Waals surface area contributed by atoms with Gasteiger partial charge >= 0.3 is 0 Å². The molecule has 1 aromatic carbocycles. The number of aliphatic hydroxyl groups is 1. The second kappa shape index (κ2) is 5.12. The van der Waals surface area contributed by atoms with E-state index in [1.54, 1.807) is 30.0 Å². The van der Waals surface area contributed by atoms with E-state index in [4.69, 9.17) is 10.8 Å². The molecule has 0 saturated carbocycles. The average Bonchev–Trinajstić information content (AvgIpc) is 2.19. The van der Waals surface area contributed by atoms with Crippen LogP contribution in [-0.2, 0) is 5.75 Å². The number of benzene rings is 1. The number of nitrogens with two attached hydrogens (primary N) is 1. The summed E-state index contributed by atoms with van der Waals surface area (Å²) in [6.07, 6.45) is 0. The highest BCUT2D eigenvalue weighted by Crippen LogP contribution is 2.26. The molecule has 1 unspecified atom stereocenters. The van der Waals surface area contributed by atoms with Crippen LogP contribution >= 0.6 is 11.8 Å². The quantitative estimate of drug-likeness (QED) is 0.525. The number of aromatic hydroxyl groups is 1. The fourth-order valence-corrected chi connectivity index (χ4v) is 1.81. The van der Waals surface area contributed by atoms with Gasteiger partial charge in [0, 0.05) is 22.3 Å². The molecule has 0 bridgehead atoms. The van der Waals surface area contributed by atoms with Gasteiger partial charge in [0.1, 0.15) is 5.75 Å². The number of phenolic OH excluding ortho intramolecular Hbond substituents is 1. The van der Waals surface area contributed by atoms with Crippen molar-refractivity contribution in [2.75, 3.05) is 12.3 Å². The summed E-state index contributed by atoms with van der Waals surface area (Å²) in [5.41, 5.74) is 7.06. The third-order valence-corrected chi connectivity index (χ3v) is 3.08. The van der Waals surface area contributed by atoms with Crippen LogP contribution < -0.4 is 5.73 Å². The van der Waals surface area contributed by atoms with E-state index < -0.39 is 0 Å². The predicted molar refractivity (Wildman–Crippen MR) is 60.4 cm³/mol. The van der Waals surface area contributed by atoms with Gasteiger partial charge in [0.25, 0.3) is 0 Å². The molecule has 1 rings (SSSR count). The number of aliphatic hydroxyl groups excluding tert-OH is 1. The second-order valence-electron chi connectivity index (χ2n) is 3.19. The van der Waals surface area contributed by atoms with E-state index in [1.165, 1.54) is 0 Å². The molecule has 0 aliphatic carbocycles. The van der Waals surface area contributed by atoms with Crippen molar-refractivity contribution in [3.05, 3.63) is 23.8 Å². The van der Waals surface area contributed by atoms with Gasteiger partial charge in [-0.2, -0.15) is 11.8 Å². The van der Waals surface area contributed by atoms with Gasteiger partial charge in [-0.3, -0.25) is 0 Å². The number of rotatable bonds is 4. The molecule has 14 heavy (non-hydrogen) atoms. The number of anilines is 1. The Kier molecular flexibility index (Phi) is 4.10. The van der Waals surface area contributed by atoms with E-state index >= 15 is 0 Å². The Labute approximate surface area is 87.9 Å². The van der Waals surface area contributed by atoms with Crippen molar-refractivity contribution < 1.29 is 10.2 Å². The molecular weight excluding hydrogens is 198 g/mol. The van der Waals surface area contributed by atoms with Gasteiger partial charge in [0.05, 0.1) is 6.61 Å². The minimum absolute atomic E-state index is 0.147. The highest BCUT2D eigenvalue weighted by Gasteiger charge is 2.05. The van der Waals surface area contributed by atoms with Crippen molar-refractivity contribution in [1.29, 1.82) is 0 Å². The summed E-state index contributed by atoms with van der Waals surface area (Å²) in [5.74, 6) is 0.926. The average molecular weight is 213 g/mol. The Morgan fingerprint density at radius 2 is 2.21 bits per heavy atom. The molecule has 0 fully saturated rings. The molecule has 0 aliphatic rings. The molecular formula is C10H15NO2S. The summed E-state index contributed by atoms with van der Waals surface area (Å²) < 4.78 is 0. The van der Waals surface area contributed by atoms with Gasteiger partial charge in [-0.15, -0.1) is 0 Å². The van der Waals surface area contributed by atoms with Crippen LogP contribution in [0.5, 0.6) is 5.75 Å². The summed E-state index contributed by atoms with van der Waals surface area (Å²) in [4.78, 5) is 0. The molecule has 3 nitrogen and oxygen atoms in total. The fraction of sp³-hybridized carbons (Fsp3) is 0.400. The van der Waals surface area contributed by atoms with Crippen LogP contribution in [0.2, 0.25) is 0 Å². The lowest BCUT2D eigenvalue weighted by Crippen LogP contribution is -2.02. The highest BCUT2D eigenvalue weighted by atomic mass is 32.2. The Bertz CT molecular complexity index is 304. The molecule has 0 aromatic heterocycles. The van der Waals surface area contributed by atoms with Gasteiger partial charge in [0.2, 0.25) is 0 Å². The first-order chi connectivity index (χ1) is 6.63. The SMILES string of the molecule is CC(CO)SCc1cc(N)ccc1O. The van der Waals surface area contributed by atoms with Crippen LogP contribution in [0.4, 0.5) is 5.69 Å². The lowest BCUT2D eigenvalue weighted by molar-refractivity contribution is 0.300. The maximum Gasteiger partial charge on any atom is 0.119 e. The molecule has 4 heteroatoms. The van der Waals surface area contributed by atoms with Crippen LogP contribution in [0.25, 0.3) is 0 Å². The normalized spacial score (nSPS) is 12.7. The van der Waals surface area contributed by atoms with Crippen LogP contribution in [0.15, 0.2) is 18.2 Å². The number of hydrogen-bond acceptors (Lipinski definition) is 4. The first kappa shape index (κ1) is 11.2.